The fraction of sp³-hybridized carbons (Fsp3) is 0.200. The molecule has 0 aliphatic rings. The number of ether oxygens (including phenoxy) is 1. The highest BCUT2D eigenvalue weighted by Crippen LogP contribution is 2.34. The topological polar surface area (TPSA) is 35.2 Å². The largest absolute Gasteiger partial charge is 0.456 e. The van der Waals surface area contributed by atoms with Gasteiger partial charge >= 0.3 is 0 Å². The Hall–Kier alpha value is -1.10. The van der Waals surface area contributed by atoms with E-state index in [1.54, 1.807) is 18.2 Å². The Labute approximate surface area is 130 Å². The highest BCUT2D eigenvalue weighted by Gasteiger charge is 2.11. The van der Waals surface area contributed by atoms with Gasteiger partial charge in [-0.1, -0.05) is 17.7 Å². The third-order valence-electron chi connectivity index (χ3n) is 2.68. The van der Waals surface area contributed by atoms with Crippen LogP contribution in [0.4, 0.5) is 4.39 Å². The minimum Gasteiger partial charge on any atom is -0.456 e. The van der Waals surface area contributed by atoms with E-state index in [0.29, 0.717) is 27.4 Å². The van der Waals surface area contributed by atoms with E-state index in [2.05, 4.69) is 15.9 Å². The molecule has 0 aromatic heterocycles. The Bertz CT molecular complexity index is 619. The van der Waals surface area contributed by atoms with Gasteiger partial charge in [0.2, 0.25) is 0 Å². The third-order valence-corrected chi connectivity index (χ3v) is 3.57. The van der Waals surface area contributed by atoms with Gasteiger partial charge in [-0.05, 0) is 59.1 Å². The molecular formula is C15H14BrClFNO. The summed E-state index contributed by atoms with van der Waals surface area (Å²) in [6.45, 7) is 1.91. The van der Waals surface area contributed by atoms with Gasteiger partial charge in [0.1, 0.15) is 17.3 Å². The molecule has 0 spiro atoms. The van der Waals surface area contributed by atoms with Crippen molar-refractivity contribution >= 4 is 27.5 Å². The molecule has 0 heterocycles. The monoisotopic (exact) mass is 357 g/mol. The zero-order valence-corrected chi connectivity index (χ0v) is 13.2. The van der Waals surface area contributed by atoms with Gasteiger partial charge in [-0.3, -0.25) is 0 Å². The zero-order chi connectivity index (χ0) is 14.7. The lowest BCUT2D eigenvalue weighted by Crippen LogP contribution is -2.18. The van der Waals surface area contributed by atoms with E-state index in [9.17, 15) is 4.39 Å². The number of hydrogen-bond donors (Lipinski definition) is 1. The fourth-order valence-electron chi connectivity index (χ4n) is 1.81. The zero-order valence-electron chi connectivity index (χ0n) is 10.9. The smallest absolute Gasteiger partial charge is 0.144 e. The van der Waals surface area contributed by atoms with Crippen LogP contribution in [0.25, 0.3) is 0 Å². The standard InChI is InChI=1S/C15H14BrClFNO/c1-9(19)6-10-2-3-11(17)7-14(10)20-15-8-12(18)4-5-13(15)16/h2-5,7-9H,6,19H2,1H3. The normalized spacial score (nSPS) is 12.2. The molecule has 0 aliphatic carbocycles. The van der Waals surface area contributed by atoms with Crippen LogP contribution in [0.15, 0.2) is 40.9 Å². The van der Waals surface area contributed by atoms with Crippen LogP contribution in [0.1, 0.15) is 12.5 Å². The van der Waals surface area contributed by atoms with Crippen molar-refractivity contribution in [1.82, 2.24) is 0 Å². The van der Waals surface area contributed by atoms with Gasteiger partial charge in [0.05, 0.1) is 4.47 Å². The van der Waals surface area contributed by atoms with Crippen molar-refractivity contribution in [2.45, 2.75) is 19.4 Å². The molecule has 0 bridgehead atoms. The molecular weight excluding hydrogens is 345 g/mol. The first-order chi connectivity index (χ1) is 9.45. The Morgan fingerprint density at radius 3 is 2.70 bits per heavy atom. The number of hydrogen-bond acceptors (Lipinski definition) is 2. The second kappa shape index (κ2) is 6.57. The molecule has 2 nitrogen and oxygen atoms in total. The van der Waals surface area contributed by atoms with Crippen molar-refractivity contribution < 1.29 is 9.13 Å². The van der Waals surface area contributed by atoms with Crippen molar-refractivity contribution in [3.63, 3.8) is 0 Å². The second-order valence-electron chi connectivity index (χ2n) is 4.61. The Balaban J connectivity index is 2.36. The molecule has 0 saturated heterocycles. The van der Waals surface area contributed by atoms with E-state index in [-0.39, 0.29) is 11.9 Å². The molecule has 2 N–H and O–H groups in total. The van der Waals surface area contributed by atoms with Gasteiger partial charge in [-0.2, -0.15) is 0 Å². The summed E-state index contributed by atoms with van der Waals surface area (Å²) in [6.07, 6.45) is 0.652. The first kappa shape index (κ1) is 15.3. The van der Waals surface area contributed by atoms with Crippen molar-refractivity contribution in [3.05, 3.63) is 57.3 Å². The Morgan fingerprint density at radius 1 is 1.25 bits per heavy atom. The first-order valence-corrected chi connectivity index (χ1v) is 7.29. The van der Waals surface area contributed by atoms with E-state index in [0.717, 1.165) is 5.56 Å². The second-order valence-corrected chi connectivity index (χ2v) is 5.90. The van der Waals surface area contributed by atoms with Crippen LogP contribution in [0.2, 0.25) is 5.02 Å². The van der Waals surface area contributed by atoms with Gasteiger partial charge in [0.15, 0.2) is 0 Å². The van der Waals surface area contributed by atoms with Gasteiger partial charge in [0, 0.05) is 17.1 Å². The van der Waals surface area contributed by atoms with Crippen LogP contribution in [-0.2, 0) is 6.42 Å². The van der Waals surface area contributed by atoms with Crippen molar-refractivity contribution in [3.8, 4) is 11.5 Å². The van der Waals surface area contributed by atoms with Crippen LogP contribution >= 0.6 is 27.5 Å². The van der Waals surface area contributed by atoms with Gasteiger partial charge < -0.3 is 10.5 Å². The molecule has 106 valence electrons. The molecule has 1 atom stereocenters. The molecule has 0 amide bonds. The lowest BCUT2D eigenvalue weighted by atomic mass is 10.1. The lowest BCUT2D eigenvalue weighted by Gasteiger charge is -2.14. The van der Waals surface area contributed by atoms with E-state index >= 15 is 0 Å². The minimum atomic E-state index is -0.362. The fourth-order valence-corrected chi connectivity index (χ4v) is 2.30. The van der Waals surface area contributed by atoms with E-state index in [1.165, 1.54) is 12.1 Å². The van der Waals surface area contributed by atoms with Crippen LogP contribution in [0.5, 0.6) is 11.5 Å². The summed E-state index contributed by atoms with van der Waals surface area (Å²) < 4.78 is 19.7. The molecule has 5 heteroatoms. The van der Waals surface area contributed by atoms with Crippen LogP contribution in [0, 0.1) is 5.82 Å². The third kappa shape index (κ3) is 3.95. The SMILES string of the molecule is CC(N)Cc1ccc(Cl)cc1Oc1cc(F)ccc1Br. The summed E-state index contributed by atoms with van der Waals surface area (Å²) >= 11 is 9.33. The van der Waals surface area contributed by atoms with Gasteiger partial charge in [-0.15, -0.1) is 0 Å². The average molecular weight is 359 g/mol. The predicted octanol–water partition coefficient (Wildman–Crippen LogP) is 4.92. The highest BCUT2D eigenvalue weighted by atomic mass is 79.9. The van der Waals surface area contributed by atoms with Crippen LogP contribution in [0.3, 0.4) is 0 Å². The highest BCUT2D eigenvalue weighted by molar-refractivity contribution is 9.10. The summed E-state index contributed by atoms with van der Waals surface area (Å²) in [5.41, 5.74) is 6.75. The minimum absolute atomic E-state index is 0.00512. The molecule has 0 fully saturated rings. The molecule has 1 unspecified atom stereocenters. The maximum Gasteiger partial charge on any atom is 0.144 e. The molecule has 2 aromatic rings. The van der Waals surface area contributed by atoms with Gasteiger partial charge in [0.25, 0.3) is 0 Å². The summed E-state index contributed by atoms with van der Waals surface area (Å²) in [5, 5.41) is 0.556. The quantitative estimate of drug-likeness (QED) is 0.841. The summed E-state index contributed by atoms with van der Waals surface area (Å²) in [4.78, 5) is 0. The van der Waals surface area contributed by atoms with Crippen molar-refractivity contribution in [2.24, 2.45) is 5.73 Å². The predicted molar refractivity (Wildman–Crippen MR) is 83.0 cm³/mol. The van der Waals surface area contributed by atoms with Crippen molar-refractivity contribution in [2.75, 3.05) is 0 Å². The summed E-state index contributed by atoms with van der Waals surface area (Å²) in [7, 11) is 0. The number of benzene rings is 2. The Morgan fingerprint density at radius 2 is 2.00 bits per heavy atom. The molecule has 20 heavy (non-hydrogen) atoms. The number of rotatable bonds is 4. The van der Waals surface area contributed by atoms with Crippen molar-refractivity contribution in [1.29, 1.82) is 0 Å². The molecule has 0 aliphatic heterocycles. The average Bonchev–Trinajstić information content (AvgIpc) is 2.37. The summed E-state index contributed by atoms with van der Waals surface area (Å²) in [6, 6.07) is 9.63. The maximum absolute atomic E-state index is 13.3. The molecule has 2 aromatic carbocycles. The molecule has 2 rings (SSSR count). The molecule has 0 saturated carbocycles. The Kier molecular flexibility index (Phi) is 5.02. The number of nitrogens with two attached hydrogens (primary N) is 1. The van der Waals surface area contributed by atoms with E-state index in [4.69, 9.17) is 22.1 Å². The maximum atomic E-state index is 13.3. The lowest BCUT2D eigenvalue weighted by molar-refractivity contribution is 0.465. The number of halogens is 3. The van der Waals surface area contributed by atoms with Gasteiger partial charge in [-0.25, -0.2) is 4.39 Å². The molecule has 0 radical (unpaired) electrons. The van der Waals surface area contributed by atoms with E-state index in [1.807, 2.05) is 13.0 Å². The first-order valence-electron chi connectivity index (χ1n) is 6.12. The van der Waals surface area contributed by atoms with Crippen LogP contribution in [-0.4, -0.2) is 6.04 Å². The summed E-state index contributed by atoms with van der Waals surface area (Å²) in [5.74, 6) is 0.623. The van der Waals surface area contributed by atoms with E-state index < -0.39 is 0 Å². The van der Waals surface area contributed by atoms with Crippen LogP contribution < -0.4 is 10.5 Å².